The van der Waals surface area contributed by atoms with Gasteiger partial charge in [-0.3, -0.25) is 9.59 Å². The lowest BCUT2D eigenvalue weighted by Crippen LogP contribution is -2.35. The zero-order valence-electron chi connectivity index (χ0n) is 18.8. The molecule has 0 saturated heterocycles. The Kier molecular flexibility index (Phi) is 6.67. The summed E-state index contributed by atoms with van der Waals surface area (Å²) in [4.78, 5) is 35.5. The van der Waals surface area contributed by atoms with Gasteiger partial charge in [-0.25, -0.2) is 4.79 Å². The summed E-state index contributed by atoms with van der Waals surface area (Å²) in [5.41, 5.74) is 3.95. The van der Waals surface area contributed by atoms with Crippen LogP contribution in [0.25, 0.3) is 11.1 Å². The van der Waals surface area contributed by atoms with E-state index >= 15 is 0 Å². The number of hydrogen-bond acceptors (Lipinski definition) is 4. The van der Waals surface area contributed by atoms with E-state index in [1.165, 1.54) is 22.3 Å². The molecule has 33 heavy (non-hydrogen) atoms. The minimum Gasteiger partial charge on any atom is -0.481 e. The zero-order valence-corrected chi connectivity index (χ0v) is 18.8. The molecule has 3 N–H and O–H groups in total. The highest BCUT2D eigenvalue weighted by atomic mass is 16.5. The Morgan fingerprint density at radius 2 is 1.67 bits per heavy atom. The van der Waals surface area contributed by atoms with Crippen molar-refractivity contribution in [3.05, 3.63) is 59.7 Å². The molecule has 7 heteroatoms. The molecule has 1 fully saturated rings. The Morgan fingerprint density at radius 3 is 2.24 bits per heavy atom. The minimum absolute atomic E-state index is 0.0164. The highest BCUT2D eigenvalue weighted by molar-refractivity contribution is 5.81. The molecule has 0 aromatic heterocycles. The largest absolute Gasteiger partial charge is 0.481 e. The number of rotatable bonds is 10. The van der Waals surface area contributed by atoms with E-state index in [-0.39, 0.29) is 31.0 Å². The van der Waals surface area contributed by atoms with E-state index in [0.717, 1.165) is 0 Å². The molecular weight excluding hydrogens is 420 g/mol. The van der Waals surface area contributed by atoms with Gasteiger partial charge in [0.05, 0.1) is 5.41 Å². The van der Waals surface area contributed by atoms with Crippen molar-refractivity contribution < 1.29 is 24.2 Å². The van der Waals surface area contributed by atoms with Gasteiger partial charge in [-0.05, 0) is 54.9 Å². The van der Waals surface area contributed by atoms with Gasteiger partial charge in [0.2, 0.25) is 5.91 Å². The third kappa shape index (κ3) is 5.18. The molecule has 0 spiro atoms. The molecule has 4 rings (SSSR count). The second kappa shape index (κ2) is 9.65. The van der Waals surface area contributed by atoms with Crippen LogP contribution in [0.15, 0.2) is 48.5 Å². The first-order valence-corrected chi connectivity index (χ1v) is 11.5. The number of ether oxygens (including phenoxy) is 1. The van der Waals surface area contributed by atoms with Crippen molar-refractivity contribution in [1.82, 2.24) is 10.6 Å². The van der Waals surface area contributed by atoms with Crippen molar-refractivity contribution >= 4 is 18.0 Å². The number of carboxylic acids is 1. The van der Waals surface area contributed by atoms with Crippen LogP contribution in [0.2, 0.25) is 0 Å². The second-order valence-corrected chi connectivity index (χ2v) is 9.13. The molecule has 1 saturated carbocycles. The van der Waals surface area contributed by atoms with Crippen LogP contribution in [-0.4, -0.2) is 42.3 Å². The second-order valence-electron chi connectivity index (χ2n) is 9.13. The highest BCUT2D eigenvalue weighted by Crippen LogP contribution is 2.45. The third-order valence-corrected chi connectivity index (χ3v) is 6.68. The van der Waals surface area contributed by atoms with Gasteiger partial charge in [-0.1, -0.05) is 48.5 Å². The van der Waals surface area contributed by atoms with Gasteiger partial charge in [0.15, 0.2) is 0 Å². The SMILES string of the molecule is CC(CCCC(=O)NCC1(C(=O)O)CC1)NC(=O)OCC1c2ccccc2-c2ccccc21. The van der Waals surface area contributed by atoms with E-state index in [4.69, 9.17) is 9.84 Å². The summed E-state index contributed by atoms with van der Waals surface area (Å²) < 4.78 is 5.56. The number of hydrogen-bond donors (Lipinski definition) is 3. The molecule has 2 aromatic carbocycles. The number of carbonyl (C=O) groups is 3. The first-order valence-electron chi connectivity index (χ1n) is 11.5. The van der Waals surface area contributed by atoms with Crippen LogP contribution in [0.4, 0.5) is 4.79 Å². The first kappa shape index (κ1) is 22.8. The van der Waals surface area contributed by atoms with Crippen molar-refractivity contribution in [3.63, 3.8) is 0 Å². The van der Waals surface area contributed by atoms with Crippen LogP contribution < -0.4 is 10.6 Å². The number of fused-ring (bicyclic) bond motifs is 3. The minimum atomic E-state index is -0.844. The normalized spacial score (nSPS) is 16.3. The molecule has 0 bridgehead atoms. The monoisotopic (exact) mass is 450 g/mol. The summed E-state index contributed by atoms with van der Waals surface area (Å²) in [6.07, 6.45) is 2.28. The number of nitrogens with one attached hydrogen (secondary N) is 2. The van der Waals surface area contributed by atoms with E-state index in [1.54, 1.807) is 0 Å². The fraction of sp³-hybridized carbons (Fsp3) is 0.423. The van der Waals surface area contributed by atoms with Crippen molar-refractivity contribution in [1.29, 1.82) is 0 Å². The predicted molar refractivity (Wildman–Crippen MR) is 124 cm³/mol. The summed E-state index contributed by atoms with van der Waals surface area (Å²) >= 11 is 0. The molecule has 0 radical (unpaired) electrons. The van der Waals surface area contributed by atoms with Gasteiger partial charge in [0, 0.05) is 24.9 Å². The van der Waals surface area contributed by atoms with E-state index in [9.17, 15) is 14.4 Å². The maximum Gasteiger partial charge on any atom is 0.407 e. The molecule has 2 aliphatic rings. The quantitative estimate of drug-likeness (QED) is 0.506. The summed E-state index contributed by atoms with van der Waals surface area (Å²) in [5, 5.41) is 14.7. The molecule has 1 atom stereocenters. The van der Waals surface area contributed by atoms with Gasteiger partial charge >= 0.3 is 12.1 Å². The van der Waals surface area contributed by atoms with Crippen LogP contribution in [0.5, 0.6) is 0 Å². The smallest absolute Gasteiger partial charge is 0.407 e. The fourth-order valence-electron chi connectivity index (χ4n) is 4.46. The Hall–Kier alpha value is -3.35. The van der Waals surface area contributed by atoms with Gasteiger partial charge in [-0.2, -0.15) is 0 Å². The molecule has 2 aromatic rings. The van der Waals surface area contributed by atoms with E-state index in [0.29, 0.717) is 32.1 Å². The van der Waals surface area contributed by atoms with Crippen LogP contribution in [0, 0.1) is 5.41 Å². The highest BCUT2D eigenvalue weighted by Gasteiger charge is 2.50. The van der Waals surface area contributed by atoms with Crippen molar-refractivity contribution in [2.24, 2.45) is 5.41 Å². The molecule has 2 aliphatic carbocycles. The number of carbonyl (C=O) groups excluding carboxylic acids is 2. The van der Waals surface area contributed by atoms with Crippen LogP contribution in [-0.2, 0) is 14.3 Å². The number of alkyl carbamates (subject to hydrolysis) is 1. The topological polar surface area (TPSA) is 105 Å². The number of amides is 2. The van der Waals surface area contributed by atoms with Crippen molar-refractivity contribution in [3.8, 4) is 11.1 Å². The van der Waals surface area contributed by atoms with Crippen LogP contribution in [0.1, 0.15) is 56.1 Å². The standard InChI is InChI=1S/C26H30N2O5/c1-17(7-6-12-23(29)27-16-26(13-14-26)24(30)31)28-25(32)33-15-22-20-10-4-2-8-18(20)19-9-3-5-11-21(19)22/h2-5,8-11,17,22H,6-7,12-16H2,1H3,(H,27,29)(H,28,32)(H,30,31). The van der Waals surface area contributed by atoms with Gasteiger partial charge in [0.1, 0.15) is 6.61 Å². The van der Waals surface area contributed by atoms with E-state index < -0.39 is 17.5 Å². The zero-order chi connectivity index (χ0) is 23.4. The summed E-state index contributed by atoms with van der Waals surface area (Å²) in [5.74, 6) is -0.984. The molecule has 174 valence electrons. The van der Waals surface area contributed by atoms with Crippen molar-refractivity contribution in [2.45, 2.75) is 51.0 Å². The molecule has 7 nitrogen and oxygen atoms in total. The lowest BCUT2D eigenvalue weighted by Gasteiger charge is -2.17. The lowest BCUT2D eigenvalue weighted by molar-refractivity contribution is -0.143. The fourth-order valence-corrected chi connectivity index (χ4v) is 4.46. The molecule has 0 heterocycles. The average molecular weight is 451 g/mol. The number of benzene rings is 2. The van der Waals surface area contributed by atoms with Gasteiger partial charge < -0.3 is 20.5 Å². The van der Waals surface area contributed by atoms with E-state index in [1.807, 2.05) is 31.2 Å². The predicted octanol–water partition coefficient (Wildman–Crippen LogP) is 4.06. The summed E-state index contributed by atoms with van der Waals surface area (Å²) in [7, 11) is 0. The molecule has 2 amide bonds. The molecule has 0 aliphatic heterocycles. The van der Waals surface area contributed by atoms with Crippen molar-refractivity contribution in [2.75, 3.05) is 13.2 Å². The number of carboxylic acid groups (broad SMARTS) is 1. The van der Waals surface area contributed by atoms with E-state index in [2.05, 4.69) is 34.9 Å². The Labute approximate surface area is 193 Å². The molecule has 1 unspecified atom stereocenters. The van der Waals surface area contributed by atoms with Crippen LogP contribution in [0.3, 0.4) is 0 Å². The summed E-state index contributed by atoms with van der Waals surface area (Å²) in [6.45, 7) is 2.33. The number of aliphatic carboxylic acids is 1. The molecular formula is C26H30N2O5. The van der Waals surface area contributed by atoms with Crippen LogP contribution >= 0.6 is 0 Å². The Balaban J connectivity index is 1.18. The Bertz CT molecular complexity index is 1000. The Morgan fingerprint density at radius 1 is 1.06 bits per heavy atom. The maximum atomic E-state index is 12.3. The third-order valence-electron chi connectivity index (χ3n) is 6.68. The summed E-state index contributed by atoms with van der Waals surface area (Å²) in [6, 6.07) is 16.3. The lowest BCUT2D eigenvalue weighted by atomic mass is 9.98. The van der Waals surface area contributed by atoms with Gasteiger partial charge in [0.25, 0.3) is 0 Å². The average Bonchev–Trinajstić information content (AvgIpc) is 3.54. The maximum absolute atomic E-state index is 12.3. The first-order chi connectivity index (χ1) is 15.9. The van der Waals surface area contributed by atoms with Gasteiger partial charge in [-0.15, -0.1) is 0 Å².